The Morgan fingerprint density at radius 1 is 0.852 bits per heavy atom. The summed E-state index contributed by atoms with van der Waals surface area (Å²) in [5.74, 6) is 1.61. The Morgan fingerprint density at radius 2 is 1.52 bits per heavy atom. The molecule has 0 saturated carbocycles. The number of benzene rings is 2. The number of hydrogen-bond donors (Lipinski definition) is 1. The molecule has 54 heavy (non-hydrogen) atoms. The van der Waals surface area contributed by atoms with Gasteiger partial charge in [0.2, 0.25) is 0 Å². The standard InChI is InChI=1S/C40H54O2.C10H14.C2H6/c1-6-10-16-38(41)17-12-11-13-30-40(5,36-24-22-35(23-25-36)34(14-7-2)15-8-3)37-26-28-39(29-27-37)42-31-33-20-18-32(9-4)19-21-33;1-4-6-7-9-10(3)8-5-2;1-2/h6,9,11,13,18-22,24,26-29,34,38,41H,1,4,7-8,10,12,14-17,23,25,30-31H2,2-3,5H3;4-9H,1H2,2-3H3;1-2H3/b;7-6+,8-5-,10-9-;. The lowest BCUT2D eigenvalue weighted by atomic mass is 9.69. The van der Waals surface area contributed by atoms with Crippen LogP contribution in [0, 0.1) is 5.92 Å². The van der Waals surface area contributed by atoms with Gasteiger partial charge in [-0.15, -0.1) is 6.58 Å². The van der Waals surface area contributed by atoms with Crippen molar-refractivity contribution in [3.05, 3.63) is 169 Å². The quantitative estimate of drug-likeness (QED) is 0.0965. The van der Waals surface area contributed by atoms with Gasteiger partial charge in [0.15, 0.2) is 0 Å². The molecule has 2 unspecified atom stereocenters. The summed E-state index contributed by atoms with van der Waals surface area (Å²) in [6.07, 6.45) is 36.4. The number of aliphatic hydroxyl groups excluding tert-OH is 1. The van der Waals surface area contributed by atoms with Crippen LogP contribution < -0.4 is 4.74 Å². The van der Waals surface area contributed by atoms with Gasteiger partial charge in [0.1, 0.15) is 12.4 Å². The first-order chi connectivity index (χ1) is 26.2. The second kappa shape index (κ2) is 29.2. The van der Waals surface area contributed by atoms with E-state index in [4.69, 9.17) is 4.74 Å². The van der Waals surface area contributed by atoms with Crippen LogP contribution in [0.3, 0.4) is 0 Å². The molecule has 0 aliphatic heterocycles. The van der Waals surface area contributed by atoms with E-state index in [1.54, 1.807) is 11.6 Å². The average Bonchev–Trinajstić information content (AvgIpc) is 3.20. The molecular formula is C52H74O2. The van der Waals surface area contributed by atoms with E-state index in [0.29, 0.717) is 6.61 Å². The second-order valence-corrected chi connectivity index (χ2v) is 14.1. The largest absolute Gasteiger partial charge is 0.489 e. The second-order valence-electron chi connectivity index (χ2n) is 14.1. The fourth-order valence-electron chi connectivity index (χ4n) is 6.72. The van der Waals surface area contributed by atoms with E-state index < -0.39 is 0 Å². The van der Waals surface area contributed by atoms with Gasteiger partial charge in [-0.05, 0) is 106 Å². The van der Waals surface area contributed by atoms with Gasteiger partial charge in [-0.2, -0.15) is 0 Å². The summed E-state index contributed by atoms with van der Waals surface area (Å²) in [5.41, 5.74) is 7.88. The Labute approximate surface area is 332 Å². The zero-order valence-electron chi connectivity index (χ0n) is 35.2. The maximum Gasteiger partial charge on any atom is 0.119 e. The molecule has 1 aliphatic carbocycles. The lowest BCUT2D eigenvalue weighted by Crippen LogP contribution is -2.26. The average molecular weight is 731 g/mol. The Bertz CT molecular complexity index is 1500. The molecule has 0 spiro atoms. The van der Waals surface area contributed by atoms with E-state index >= 15 is 0 Å². The fourth-order valence-corrected chi connectivity index (χ4v) is 6.72. The molecule has 3 rings (SSSR count). The third-order valence-corrected chi connectivity index (χ3v) is 9.90. The van der Waals surface area contributed by atoms with Gasteiger partial charge in [-0.1, -0.05) is 187 Å². The molecule has 1 aliphatic rings. The van der Waals surface area contributed by atoms with Gasteiger partial charge >= 0.3 is 0 Å². The van der Waals surface area contributed by atoms with Gasteiger partial charge in [-0.3, -0.25) is 0 Å². The predicted octanol–water partition coefficient (Wildman–Crippen LogP) is 15.4. The van der Waals surface area contributed by atoms with Crippen molar-refractivity contribution >= 4 is 6.08 Å². The van der Waals surface area contributed by atoms with E-state index in [0.717, 1.165) is 67.7 Å². The van der Waals surface area contributed by atoms with Gasteiger partial charge in [0.05, 0.1) is 6.10 Å². The van der Waals surface area contributed by atoms with Crippen LogP contribution in [0.4, 0.5) is 0 Å². The number of ether oxygens (including phenoxy) is 1. The Balaban J connectivity index is 0.00000105. The summed E-state index contributed by atoms with van der Waals surface area (Å²) in [4.78, 5) is 0. The fraction of sp³-hybridized carbons (Fsp3) is 0.423. The highest BCUT2D eigenvalue weighted by Gasteiger charge is 2.31. The first-order valence-electron chi connectivity index (χ1n) is 20.6. The lowest BCUT2D eigenvalue weighted by molar-refractivity contribution is 0.157. The van der Waals surface area contributed by atoms with Crippen molar-refractivity contribution in [1.29, 1.82) is 0 Å². The minimum absolute atomic E-state index is 0.0932. The molecule has 0 fully saturated rings. The number of hydrogen-bond acceptors (Lipinski definition) is 2. The van der Waals surface area contributed by atoms with Crippen molar-refractivity contribution in [2.24, 2.45) is 5.92 Å². The molecule has 2 aromatic rings. The van der Waals surface area contributed by atoms with Crippen LogP contribution in [0.1, 0.15) is 136 Å². The van der Waals surface area contributed by atoms with Crippen LogP contribution >= 0.6 is 0 Å². The summed E-state index contributed by atoms with van der Waals surface area (Å²) in [6, 6.07) is 17.1. The molecule has 294 valence electrons. The number of rotatable bonds is 22. The van der Waals surface area contributed by atoms with Crippen molar-refractivity contribution < 1.29 is 9.84 Å². The predicted molar refractivity (Wildman–Crippen MR) is 241 cm³/mol. The SMILES string of the molecule is C=C/C=C/C=C(C)\C=C/C.C=CCCC(O)CCC=CCC(C)(C1=CC=C(C(CCC)CCC)CC1)c1ccc(OCc2ccc(C=C)cc2)cc1.CC. The third kappa shape index (κ3) is 18.3. The lowest BCUT2D eigenvalue weighted by Gasteiger charge is -2.35. The Kier molecular flexibility index (Phi) is 25.9. The maximum absolute atomic E-state index is 10.2. The molecule has 0 saturated heterocycles. The van der Waals surface area contributed by atoms with Crippen molar-refractivity contribution in [3.63, 3.8) is 0 Å². The highest BCUT2D eigenvalue weighted by molar-refractivity contribution is 5.47. The summed E-state index contributed by atoms with van der Waals surface area (Å²) in [6.45, 7) is 26.8. The molecule has 0 amide bonds. The molecule has 0 heterocycles. The van der Waals surface area contributed by atoms with Crippen LogP contribution in [0.5, 0.6) is 5.75 Å². The molecule has 0 bridgehead atoms. The van der Waals surface area contributed by atoms with E-state index in [9.17, 15) is 5.11 Å². The highest BCUT2D eigenvalue weighted by Crippen LogP contribution is 2.42. The van der Waals surface area contributed by atoms with E-state index in [-0.39, 0.29) is 11.5 Å². The van der Waals surface area contributed by atoms with Crippen LogP contribution in [-0.4, -0.2) is 11.2 Å². The topological polar surface area (TPSA) is 29.5 Å². The molecule has 2 nitrogen and oxygen atoms in total. The molecule has 1 N–H and O–H groups in total. The summed E-state index contributed by atoms with van der Waals surface area (Å²) >= 11 is 0. The first-order valence-corrected chi connectivity index (χ1v) is 20.6. The first kappa shape index (κ1) is 47.9. The zero-order valence-corrected chi connectivity index (χ0v) is 35.2. The Hall–Kier alpha value is -4.14. The minimum atomic E-state index is -0.254. The van der Waals surface area contributed by atoms with Gasteiger partial charge in [0.25, 0.3) is 0 Å². The zero-order chi connectivity index (χ0) is 40.0. The molecule has 0 radical (unpaired) electrons. The van der Waals surface area contributed by atoms with Crippen molar-refractivity contribution in [2.75, 3.05) is 0 Å². The molecule has 2 atom stereocenters. The van der Waals surface area contributed by atoms with Crippen LogP contribution in [0.15, 0.2) is 152 Å². The summed E-state index contributed by atoms with van der Waals surface area (Å²) in [5, 5.41) is 10.2. The smallest absolute Gasteiger partial charge is 0.119 e. The van der Waals surface area contributed by atoms with E-state index in [2.05, 4.69) is 126 Å². The Morgan fingerprint density at radius 3 is 2.07 bits per heavy atom. The van der Waals surface area contributed by atoms with Crippen molar-refractivity contribution in [1.82, 2.24) is 0 Å². The van der Waals surface area contributed by atoms with Gasteiger partial charge < -0.3 is 9.84 Å². The van der Waals surface area contributed by atoms with E-state index in [1.807, 2.05) is 57.2 Å². The molecule has 0 aromatic heterocycles. The van der Waals surface area contributed by atoms with Crippen LogP contribution in [-0.2, 0) is 12.0 Å². The number of allylic oxidation sites excluding steroid dienone is 14. The molecular weight excluding hydrogens is 657 g/mol. The van der Waals surface area contributed by atoms with Crippen molar-refractivity contribution in [3.8, 4) is 5.75 Å². The highest BCUT2D eigenvalue weighted by atomic mass is 16.5. The van der Waals surface area contributed by atoms with Gasteiger partial charge in [-0.25, -0.2) is 0 Å². The van der Waals surface area contributed by atoms with E-state index in [1.165, 1.54) is 42.4 Å². The maximum atomic E-state index is 10.2. The summed E-state index contributed by atoms with van der Waals surface area (Å²) in [7, 11) is 0. The molecule has 2 aromatic carbocycles. The van der Waals surface area contributed by atoms with Crippen LogP contribution in [0.25, 0.3) is 6.08 Å². The van der Waals surface area contributed by atoms with Gasteiger partial charge in [0, 0.05) is 5.41 Å². The van der Waals surface area contributed by atoms with Crippen molar-refractivity contribution in [2.45, 2.75) is 137 Å². The van der Waals surface area contributed by atoms with Crippen LogP contribution in [0.2, 0.25) is 0 Å². The monoisotopic (exact) mass is 731 g/mol. The normalized spacial score (nSPS) is 14.7. The minimum Gasteiger partial charge on any atom is -0.489 e. The number of aliphatic hydroxyl groups is 1. The molecule has 2 heteroatoms. The summed E-state index contributed by atoms with van der Waals surface area (Å²) < 4.78 is 6.13. The third-order valence-electron chi connectivity index (χ3n) is 9.90.